The number of benzene rings is 6. The van der Waals surface area contributed by atoms with E-state index < -0.39 is 0 Å². The van der Waals surface area contributed by atoms with Crippen molar-refractivity contribution in [1.29, 1.82) is 0 Å². The van der Waals surface area contributed by atoms with Gasteiger partial charge in [-0.1, -0.05) is 164 Å². The van der Waals surface area contributed by atoms with Gasteiger partial charge in [0, 0.05) is 34.1 Å². The van der Waals surface area contributed by atoms with Crippen LogP contribution in [0.2, 0.25) is 0 Å². The second kappa shape index (κ2) is 13.8. The van der Waals surface area contributed by atoms with Gasteiger partial charge in [0.1, 0.15) is 0 Å². The van der Waals surface area contributed by atoms with Crippen LogP contribution >= 0.6 is 0 Å². The van der Waals surface area contributed by atoms with Crippen molar-refractivity contribution in [3.63, 3.8) is 0 Å². The third-order valence-corrected chi connectivity index (χ3v) is 16.2. The van der Waals surface area contributed by atoms with E-state index in [4.69, 9.17) is 0 Å². The van der Waals surface area contributed by atoms with E-state index in [2.05, 4.69) is 224 Å². The summed E-state index contributed by atoms with van der Waals surface area (Å²) in [6, 6.07) is 41.3. The Kier molecular flexibility index (Phi) is 9.22. The van der Waals surface area contributed by atoms with Crippen molar-refractivity contribution in [1.82, 2.24) is 0 Å². The second-order valence-corrected chi connectivity index (χ2v) is 25.0. The maximum atomic E-state index is 2.74. The molecule has 0 aromatic heterocycles. The SMILES string of the molecule is Cc1cc(C(C)(C)C)ccc1N1c2cc(-c3ccccc3)ccc2B2c3cc4c(cc3N(c3cc5c(cc3C)C(C)(C)CCC5(C)C)c3cc(C(C)(C)C)cc1c32)C(C)(C)CC4(C)C. The molecule has 0 radical (unpaired) electrons. The first kappa shape index (κ1) is 42.9. The van der Waals surface area contributed by atoms with Gasteiger partial charge in [-0.2, -0.15) is 0 Å². The van der Waals surface area contributed by atoms with Gasteiger partial charge in [0.2, 0.25) is 0 Å². The van der Waals surface area contributed by atoms with Gasteiger partial charge in [0.15, 0.2) is 0 Å². The highest BCUT2D eigenvalue weighted by atomic mass is 15.2. The van der Waals surface area contributed by atoms with Crippen LogP contribution < -0.4 is 26.2 Å². The van der Waals surface area contributed by atoms with Crippen molar-refractivity contribution >= 4 is 57.2 Å². The summed E-state index contributed by atoms with van der Waals surface area (Å²) < 4.78 is 0. The van der Waals surface area contributed by atoms with Crippen LogP contribution in [-0.4, -0.2) is 6.71 Å². The van der Waals surface area contributed by atoms with E-state index in [0.29, 0.717) is 0 Å². The molecule has 0 amide bonds. The minimum atomic E-state index is -0.100. The van der Waals surface area contributed by atoms with Crippen LogP contribution in [-0.2, 0) is 32.5 Å². The lowest BCUT2D eigenvalue weighted by atomic mass is 9.33. The molecular formula is C61H71BN2. The zero-order chi connectivity index (χ0) is 45.8. The lowest BCUT2D eigenvalue weighted by molar-refractivity contribution is 0.332. The Labute approximate surface area is 386 Å². The van der Waals surface area contributed by atoms with Crippen molar-refractivity contribution in [3.05, 3.63) is 148 Å². The van der Waals surface area contributed by atoms with Crippen LogP contribution in [0.3, 0.4) is 0 Å². The van der Waals surface area contributed by atoms with Gasteiger partial charge in [0.05, 0.1) is 0 Å². The minimum Gasteiger partial charge on any atom is -0.311 e. The molecular weight excluding hydrogens is 771 g/mol. The lowest BCUT2D eigenvalue weighted by Gasteiger charge is -2.47. The second-order valence-electron chi connectivity index (χ2n) is 25.0. The Balaban J connectivity index is 1.36. The molecule has 64 heavy (non-hydrogen) atoms. The quantitative estimate of drug-likeness (QED) is 0.164. The van der Waals surface area contributed by atoms with Crippen molar-refractivity contribution in [2.24, 2.45) is 0 Å². The third-order valence-electron chi connectivity index (χ3n) is 16.2. The minimum absolute atomic E-state index is 0.0450. The Bertz CT molecular complexity index is 2910. The average Bonchev–Trinajstić information content (AvgIpc) is 3.40. The summed E-state index contributed by atoms with van der Waals surface area (Å²) >= 11 is 0. The predicted octanol–water partition coefficient (Wildman–Crippen LogP) is 15.0. The van der Waals surface area contributed by atoms with Crippen LogP contribution in [0.25, 0.3) is 11.1 Å². The molecule has 0 spiro atoms. The summed E-state index contributed by atoms with van der Waals surface area (Å²) in [5.41, 5.74) is 26.1. The maximum absolute atomic E-state index is 2.74. The van der Waals surface area contributed by atoms with E-state index in [1.165, 1.54) is 119 Å². The maximum Gasteiger partial charge on any atom is 0.252 e. The average molecular weight is 843 g/mol. The van der Waals surface area contributed by atoms with E-state index in [1.807, 2.05) is 0 Å². The Morgan fingerprint density at radius 1 is 0.422 bits per heavy atom. The van der Waals surface area contributed by atoms with Crippen molar-refractivity contribution in [2.75, 3.05) is 9.80 Å². The number of nitrogens with zero attached hydrogens (tertiary/aromatic N) is 2. The Hall–Kier alpha value is -5.02. The van der Waals surface area contributed by atoms with Crippen molar-refractivity contribution < 1.29 is 0 Å². The molecule has 0 saturated heterocycles. The summed E-state index contributed by atoms with van der Waals surface area (Å²) in [4.78, 5) is 5.40. The normalized spacial score (nSPS) is 18.5. The molecule has 0 bridgehead atoms. The first-order valence-corrected chi connectivity index (χ1v) is 24.2. The smallest absolute Gasteiger partial charge is 0.252 e. The van der Waals surface area contributed by atoms with Gasteiger partial charge in [-0.05, 0) is 174 Å². The number of hydrogen-bond donors (Lipinski definition) is 0. The molecule has 2 nitrogen and oxygen atoms in total. The largest absolute Gasteiger partial charge is 0.311 e. The Morgan fingerprint density at radius 2 is 0.938 bits per heavy atom. The molecule has 2 aliphatic carbocycles. The first-order valence-electron chi connectivity index (χ1n) is 24.2. The summed E-state index contributed by atoms with van der Waals surface area (Å²) in [5, 5.41) is 0. The van der Waals surface area contributed by atoms with Crippen LogP contribution in [0.1, 0.15) is 161 Å². The van der Waals surface area contributed by atoms with Gasteiger partial charge >= 0.3 is 0 Å². The van der Waals surface area contributed by atoms with Crippen LogP contribution in [0, 0.1) is 13.8 Å². The van der Waals surface area contributed by atoms with E-state index in [0.717, 1.165) is 6.42 Å². The molecule has 2 aliphatic heterocycles. The standard InChI is InChI=1S/C61H71BN2/c1-37-28-41(56(3,4)5)23-25-49(37)63-51-30-40(39-20-18-17-19-21-39)22-24-47(51)62-48-33-44-46(61(15,16)36-60(44,13)14)35-52(48)64(54-32-42(57(6,7)8)31-53(63)55(54)62)50-34-45-43(29-38(50)2)58(9,10)26-27-59(45,11)12/h17-25,28-35H,26-27,36H2,1-16H3. The summed E-state index contributed by atoms with van der Waals surface area (Å²) in [6.45, 7) is 38.7. The van der Waals surface area contributed by atoms with E-state index in [-0.39, 0.29) is 39.2 Å². The van der Waals surface area contributed by atoms with E-state index in [1.54, 1.807) is 0 Å². The number of fused-ring (bicyclic) bond motifs is 6. The molecule has 6 aromatic carbocycles. The van der Waals surface area contributed by atoms with Gasteiger partial charge < -0.3 is 9.80 Å². The molecule has 0 atom stereocenters. The van der Waals surface area contributed by atoms with Crippen LogP contribution in [0.4, 0.5) is 34.1 Å². The van der Waals surface area contributed by atoms with Crippen LogP contribution in [0.15, 0.2) is 103 Å². The van der Waals surface area contributed by atoms with Crippen LogP contribution in [0.5, 0.6) is 0 Å². The zero-order valence-electron chi connectivity index (χ0n) is 41.9. The molecule has 3 heteroatoms. The number of hydrogen-bond acceptors (Lipinski definition) is 2. The zero-order valence-corrected chi connectivity index (χ0v) is 41.9. The monoisotopic (exact) mass is 843 g/mol. The van der Waals surface area contributed by atoms with Gasteiger partial charge in [-0.15, -0.1) is 0 Å². The first-order chi connectivity index (χ1) is 29.8. The Morgan fingerprint density at radius 3 is 1.53 bits per heavy atom. The molecule has 0 unspecified atom stereocenters. The highest BCUT2D eigenvalue weighted by Crippen LogP contribution is 2.55. The van der Waals surface area contributed by atoms with Gasteiger partial charge in [-0.25, -0.2) is 0 Å². The van der Waals surface area contributed by atoms with Crippen molar-refractivity contribution in [2.45, 2.75) is 163 Å². The fraction of sp³-hybridized carbons (Fsp3) is 0.410. The van der Waals surface area contributed by atoms with E-state index in [9.17, 15) is 0 Å². The van der Waals surface area contributed by atoms with Gasteiger partial charge in [0.25, 0.3) is 6.71 Å². The third kappa shape index (κ3) is 6.48. The summed E-state index contributed by atoms with van der Waals surface area (Å²) in [7, 11) is 0. The molecule has 4 aliphatic rings. The molecule has 6 aromatic rings. The molecule has 0 N–H and O–H groups in total. The molecule has 2 heterocycles. The summed E-state index contributed by atoms with van der Waals surface area (Å²) in [6.07, 6.45) is 3.52. The molecule has 10 rings (SSSR count). The van der Waals surface area contributed by atoms with E-state index >= 15 is 0 Å². The number of aryl methyl sites for hydroxylation is 2. The van der Waals surface area contributed by atoms with Gasteiger partial charge in [-0.3, -0.25) is 0 Å². The molecule has 0 fully saturated rings. The fourth-order valence-corrected chi connectivity index (χ4v) is 12.5. The fourth-order valence-electron chi connectivity index (χ4n) is 12.5. The highest BCUT2D eigenvalue weighted by molar-refractivity contribution is 7.00. The highest BCUT2D eigenvalue weighted by Gasteiger charge is 2.49. The lowest BCUT2D eigenvalue weighted by Crippen LogP contribution is -2.61. The summed E-state index contributed by atoms with van der Waals surface area (Å²) in [5.74, 6) is 0. The molecule has 0 saturated carbocycles. The number of rotatable bonds is 3. The molecule has 328 valence electrons. The number of anilines is 6. The van der Waals surface area contributed by atoms with Crippen molar-refractivity contribution in [3.8, 4) is 11.1 Å². The topological polar surface area (TPSA) is 6.48 Å². The predicted molar refractivity (Wildman–Crippen MR) is 279 cm³/mol.